The maximum atomic E-state index is 3.68. The predicted molar refractivity (Wildman–Crippen MR) is 88.0 cm³/mol. The van der Waals surface area contributed by atoms with Gasteiger partial charge in [-0.05, 0) is 35.0 Å². The number of hydrogen-bond acceptors (Lipinski definition) is 0. The van der Waals surface area contributed by atoms with Gasteiger partial charge in [0.2, 0.25) is 0 Å². The highest BCUT2D eigenvalue weighted by Crippen LogP contribution is 2.21. The minimum absolute atomic E-state index is 1.19. The van der Waals surface area contributed by atoms with Crippen LogP contribution in [0, 0.1) is 11.5 Å². The molecule has 0 aromatic heterocycles. The van der Waals surface area contributed by atoms with Crippen molar-refractivity contribution in [1.82, 2.24) is 0 Å². The van der Waals surface area contributed by atoms with Gasteiger partial charge < -0.3 is 0 Å². The average Bonchev–Trinajstić information content (AvgIpc) is 2.49. The summed E-state index contributed by atoms with van der Waals surface area (Å²) in [7, 11) is -1.35. The van der Waals surface area contributed by atoms with Gasteiger partial charge in [-0.15, -0.1) is 5.54 Å². The minimum atomic E-state index is -1.35. The van der Waals surface area contributed by atoms with Gasteiger partial charge in [0.25, 0.3) is 0 Å². The third kappa shape index (κ3) is 2.91. The van der Waals surface area contributed by atoms with Crippen LogP contribution in [0.5, 0.6) is 0 Å². The Balaban J connectivity index is 2.47. The molecule has 0 aliphatic heterocycles. The van der Waals surface area contributed by atoms with Crippen LogP contribution >= 0.6 is 0 Å². The van der Waals surface area contributed by atoms with Gasteiger partial charge in [0.1, 0.15) is 8.07 Å². The van der Waals surface area contributed by atoms with Gasteiger partial charge in [0.15, 0.2) is 0 Å². The van der Waals surface area contributed by atoms with Crippen LogP contribution in [0.15, 0.2) is 42.5 Å². The second kappa shape index (κ2) is 6.08. The molecule has 98 valence electrons. The van der Waals surface area contributed by atoms with Gasteiger partial charge in [-0.1, -0.05) is 63.1 Å². The van der Waals surface area contributed by atoms with Crippen molar-refractivity contribution in [3.05, 3.63) is 48.0 Å². The maximum absolute atomic E-state index is 3.68. The molecular formula is C18H22Si. The van der Waals surface area contributed by atoms with Gasteiger partial charge in [-0.3, -0.25) is 0 Å². The molecule has 0 bridgehead atoms. The number of rotatable bonds is 3. The third-order valence-electron chi connectivity index (χ3n) is 4.28. The van der Waals surface area contributed by atoms with Crippen LogP contribution in [0.25, 0.3) is 10.8 Å². The zero-order valence-electron chi connectivity index (χ0n) is 12.2. The van der Waals surface area contributed by atoms with Crippen LogP contribution in [0.2, 0.25) is 18.1 Å². The number of fused-ring (bicyclic) bond motifs is 1. The quantitative estimate of drug-likeness (QED) is 0.526. The van der Waals surface area contributed by atoms with Crippen molar-refractivity contribution in [2.75, 3.05) is 0 Å². The van der Waals surface area contributed by atoms with Crippen molar-refractivity contribution in [2.24, 2.45) is 0 Å². The normalized spacial score (nSPS) is 11.1. The third-order valence-corrected chi connectivity index (χ3v) is 9.00. The Labute approximate surface area is 117 Å². The highest BCUT2D eigenvalue weighted by Gasteiger charge is 2.24. The minimum Gasteiger partial charge on any atom is -0.126 e. The molecule has 1 heteroatoms. The first-order valence-corrected chi connectivity index (χ1v) is 9.87. The summed E-state index contributed by atoms with van der Waals surface area (Å²) < 4.78 is 0. The lowest BCUT2D eigenvalue weighted by Gasteiger charge is -2.20. The Bertz CT molecular complexity index is 599. The zero-order chi connectivity index (χ0) is 13.7. The molecule has 0 saturated heterocycles. The molecule has 0 spiro atoms. The van der Waals surface area contributed by atoms with Crippen LogP contribution in [0.4, 0.5) is 0 Å². The first-order chi connectivity index (χ1) is 9.24. The molecule has 2 aromatic carbocycles. The van der Waals surface area contributed by atoms with E-state index in [0.717, 1.165) is 0 Å². The topological polar surface area (TPSA) is 0 Å². The van der Waals surface area contributed by atoms with Gasteiger partial charge in [0, 0.05) is 5.56 Å². The van der Waals surface area contributed by atoms with E-state index in [1.807, 2.05) is 0 Å². The smallest absolute Gasteiger partial charge is 0.126 e. The number of benzene rings is 2. The van der Waals surface area contributed by atoms with Crippen molar-refractivity contribution < 1.29 is 0 Å². The lowest BCUT2D eigenvalue weighted by molar-refractivity contribution is 1.20. The molecular weight excluding hydrogens is 244 g/mol. The molecule has 0 fully saturated rings. The highest BCUT2D eigenvalue weighted by molar-refractivity contribution is 6.87. The van der Waals surface area contributed by atoms with Gasteiger partial charge in [0.05, 0.1) is 0 Å². The fraction of sp³-hybridized carbons (Fsp3) is 0.333. The summed E-state index contributed by atoms with van der Waals surface area (Å²) in [4.78, 5) is 0. The Morgan fingerprint density at radius 1 is 0.842 bits per heavy atom. The maximum Gasteiger partial charge on any atom is 0.138 e. The monoisotopic (exact) mass is 266 g/mol. The summed E-state index contributed by atoms with van der Waals surface area (Å²) in [6.07, 6.45) is 0. The molecule has 0 saturated carbocycles. The fourth-order valence-electron chi connectivity index (χ4n) is 2.55. The van der Waals surface area contributed by atoms with Crippen LogP contribution in [0.1, 0.15) is 26.3 Å². The molecule has 0 amide bonds. The fourth-order valence-corrected chi connectivity index (χ4v) is 4.98. The van der Waals surface area contributed by atoms with Gasteiger partial charge in [-0.25, -0.2) is 0 Å². The molecule has 0 nitrogen and oxygen atoms in total. The van der Waals surface area contributed by atoms with Gasteiger partial charge in [-0.2, -0.15) is 0 Å². The summed E-state index contributed by atoms with van der Waals surface area (Å²) in [6, 6.07) is 18.7. The van der Waals surface area contributed by atoms with Crippen LogP contribution < -0.4 is 0 Å². The van der Waals surface area contributed by atoms with Gasteiger partial charge >= 0.3 is 0 Å². The summed E-state index contributed by atoms with van der Waals surface area (Å²) in [5.74, 6) is 3.49. The first kappa shape index (κ1) is 13.9. The van der Waals surface area contributed by atoms with Crippen LogP contribution in [-0.2, 0) is 0 Å². The van der Waals surface area contributed by atoms with E-state index in [2.05, 4.69) is 74.7 Å². The van der Waals surface area contributed by atoms with Crippen molar-refractivity contribution in [2.45, 2.75) is 38.9 Å². The van der Waals surface area contributed by atoms with Crippen molar-refractivity contribution >= 4 is 18.8 Å². The largest absolute Gasteiger partial charge is 0.138 e. The summed E-state index contributed by atoms with van der Waals surface area (Å²) in [6.45, 7) is 6.91. The average molecular weight is 266 g/mol. The molecule has 2 aromatic rings. The lowest BCUT2D eigenvalue weighted by Crippen LogP contribution is -2.29. The molecule has 0 aliphatic rings. The summed E-state index contributed by atoms with van der Waals surface area (Å²) in [5, 5.41) is 2.56. The van der Waals surface area contributed by atoms with Crippen LogP contribution in [-0.4, -0.2) is 8.07 Å². The second-order valence-electron chi connectivity index (χ2n) is 5.12. The molecule has 19 heavy (non-hydrogen) atoms. The molecule has 0 aliphatic carbocycles. The van der Waals surface area contributed by atoms with E-state index in [4.69, 9.17) is 0 Å². The molecule has 0 unspecified atom stereocenters. The van der Waals surface area contributed by atoms with E-state index in [-0.39, 0.29) is 0 Å². The van der Waals surface area contributed by atoms with Crippen molar-refractivity contribution in [1.29, 1.82) is 0 Å². The van der Waals surface area contributed by atoms with Crippen molar-refractivity contribution in [3.63, 3.8) is 0 Å². The molecule has 0 atom stereocenters. The molecule has 0 radical (unpaired) electrons. The Kier molecular flexibility index (Phi) is 4.45. The summed E-state index contributed by atoms with van der Waals surface area (Å²) in [5.41, 5.74) is 4.87. The van der Waals surface area contributed by atoms with E-state index < -0.39 is 8.07 Å². The van der Waals surface area contributed by atoms with Crippen LogP contribution in [0.3, 0.4) is 0 Å². The molecule has 0 heterocycles. The standard InChI is InChI=1S/C18H22Si/c1-4-19(5-2,6-3)15-14-17-12-9-11-16-10-7-8-13-18(16)17/h7-13H,4-6H2,1-3H3. The van der Waals surface area contributed by atoms with E-state index >= 15 is 0 Å². The molecule has 2 rings (SSSR count). The van der Waals surface area contributed by atoms with E-state index in [1.54, 1.807) is 0 Å². The first-order valence-electron chi connectivity index (χ1n) is 7.25. The number of hydrogen-bond donors (Lipinski definition) is 0. The van der Waals surface area contributed by atoms with E-state index in [0.29, 0.717) is 0 Å². The van der Waals surface area contributed by atoms with Crippen molar-refractivity contribution in [3.8, 4) is 11.5 Å². The van der Waals surface area contributed by atoms with E-state index in [1.165, 1.54) is 34.5 Å². The SMILES string of the molecule is CC[Si](C#Cc1cccc2ccccc12)(CC)CC. The summed E-state index contributed by atoms with van der Waals surface area (Å²) >= 11 is 0. The Hall–Kier alpha value is -1.52. The highest BCUT2D eigenvalue weighted by atomic mass is 28.3. The van der Waals surface area contributed by atoms with E-state index in [9.17, 15) is 0 Å². The lowest BCUT2D eigenvalue weighted by atomic mass is 10.1. The Morgan fingerprint density at radius 2 is 1.47 bits per heavy atom. The zero-order valence-corrected chi connectivity index (χ0v) is 13.2. The molecule has 0 N–H and O–H groups in total. The second-order valence-corrected chi connectivity index (χ2v) is 10.0. The predicted octanol–water partition coefficient (Wildman–Crippen LogP) is 5.24. The Morgan fingerprint density at radius 3 is 2.16 bits per heavy atom.